The van der Waals surface area contributed by atoms with Gasteiger partial charge in [-0.05, 0) is 6.42 Å². The SMILES string of the molecule is NS(=O)(=O)N1CC[C@H](O)C1. The van der Waals surface area contributed by atoms with Crippen molar-refractivity contribution >= 4 is 10.2 Å². The summed E-state index contributed by atoms with van der Waals surface area (Å²) in [5.74, 6) is 0. The van der Waals surface area contributed by atoms with E-state index in [-0.39, 0.29) is 6.54 Å². The van der Waals surface area contributed by atoms with E-state index in [9.17, 15) is 8.42 Å². The minimum absolute atomic E-state index is 0.138. The van der Waals surface area contributed by atoms with Crippen LogP contribution in [-0.2, 0) is 10.2 Å². The van der Waals surface area contributed by atoms with E-state index in [0.29, 0.717) is 13.0 Å². The summed E-state index contributed by atoms with van der Waals surface area (Å²) in [6.45, 7) is 0.471. The predicted molar refractivity (Wildman–Crippen MR) is 35.3 cm³/mol. The number of hydrogen-bond acceptors (Lipinski definition) is 3. The third-order valence-corrected chi connectivity index (χ3v) is 2.54. The Morgan fingerprint density at radius 1 is 1.60 bits per heavy atom. The van der Waals surface area contributed by atoms with E-state index in [0.717, 1.165) is 4.31 Å². The van der Waals surface area contributed by atoms with Gasteiger partial charge >= 0.3 is 0 Å². The smallest absolute Gasteiger partial charge is 0.276 e. The number of β-amino-alcohol motifs (C(OH)–C–C–N with tert-alkyl or cyclic N) is 1. The van der Waals surface area contributed by atoms with Crippen molar-refractivity contribution in [3.8, 4) is 0 Å². The van der Waals surface area contributed by atoms with Crippen LogP contribution in [0.2, 0.25) is 0 Å². The molecule has 0 radical (unpaired) electrons. The number of hydrogen-bond donors (Lipinski definition) is 2. The minimum atomic E-state index is -3.56. The Balaban J connectivity index is 2.62. The van der Waals surface area contributed by atoms with Crippen LogP contribution in [0.3, 0.4) is 0 Å². The van der Waals surface area contributed by atoms with Gasteiger partial charge in [-0.1, -0.05) is 0 Å². The maximum Gasteiger partial charge on any atom is 0.276 e. The van der Waals surface area contributed by atoms with Crippen LogP contribution in [0, 0.1) is 0 Å². The zero-order valence-corrected chi connectivity index (χ0v) is 6.21. The van der Waals surface area contributed by atoms with Gasteiger partial charge in [-0.25, -0.2) is 5.14 Å². The molecule has 0 unspecified atom stereocenters. The highest BCUT2D eigenvalue weighted by Gasteiger charge is 2.27. The normalized spacial score (nSPS) is 29.2. The predicted octanol–water partition coefficient (Wildman–Crippen LogP) is -1.74. The summed E-state index contributed by atoms with van der Waals surface area (Å²) in [6, 6.07) is 0. The Morgan fingerprint density at radius 2 is 2.20 bits per heavy atom. The van der Waals surface area contributed by atoms with Crippen molar-refractivity contribution in [2.75, 3.05) is 13.1 Å². The number of nitrogens with zero attached hydrogens (tertiary/aromatic N) is 1. The van der Waals surface area contributed by atoms with Gasteiger partial charge in [0.2, 0.25) is 0 Å². The van der Waals surface area contributed by atoms with Gasteiger partial charge in [0.1, 0.15) is 0 Å². The lowest BCUT2D eigenvalue weighted by Gasteiger charge is -2.09. The van der Waals surface area contributed by atoms with Crippen molar-refractivity contribution in [1.29, 1.82) is 0 Å². The maximum absolute atomic E-state index is 10.6. The second-order valence-electron chi connectivity index (χ2n) is 2.35. The summed E-state index contributed by atoms with van der Waals surface area (Å²) >= 11 is 0. The maximum atomic E-state index is 10.6. The molecule has 0 saturated carbocycles. The van der Waals surface area contributed by atoms with Gasteiger partial charge in [-0.3, -0.25) is 0 Å². The highest BCUT2D eigenvalue weighted by atomic mass is 32.2. The topological polar surface area (TPSA) is 83.6 Å². The number of nitrogens with two attached hydrogens (primary N) is 1. The van der Waals surface area contributed by atoms with E-state index < -0.39 is 16.3 Å². The van der Waals surface area contributed by atoms with Crippen molar-refractivity contribution in [3.63, 3.8) is 0 Å². The molecule has 1 aliphatic heterocycles. The molecule has 0 aromatic carbocycles. The fourth-order valence-electron chi connectivity index (χ4n) is 0.942. The van der Waals surface area contributed by atoms with Crippen molar-refractivity contribution < 1.29 is 13.5 Å². The zero-order valence-electron chi connectivity index (χ0n) is 5.40. The second kappa shape index (κ2) is 2.46. The average molecular weight is 166 g/mol. The van der Waals surface area contributed by atoms with Gasteiger partial charge in [0.25, 0.3) is 10.2 Å². The molecule has 5 nitrogen and oxygen atoms in total. The summed E-state index contributed by atoms with van der Waals surface area (Å²) in [5.41, 5.74) is 0. The molecule has 60 valence electrons. The highest BCUT2D eigenvalue weighted by molar-refractivity contribution is 7.86. The summed E-state index contributed by atoms with van der Waals surface area (Å²) in [6.07, 6.45) is -0.0606. The number of aliphatic hydroxyl groups excluding tert-OH is 1. The summed E-state index contributed by atoms with van der Waals surface area (Å²) in [4.78, 5) is 0. The average Bonchev–Trinajstić information content (AvgIpc) is 2.11. The van der Waals surface area contributed by atoms with E-state index in [4.69, 9.17) is 10.2 Å². The van der Waals surface area contributed by atoms with Crippen LogP contribution in [0.4, 0.5) is 0 Å². The quantitative estimate of drug-likeness (QED) is 0.485. The molecule has 0 aromatic rings. The molecule has 6 heteroatoms. The molecule has 0 aromatic heterocycles. The van der Waals surface area contributed by atoms with Crippen molar-refractivity contribution in [2.45, 2.75) is 12.5 Å². The first-order valence-corrected chi connectivity index (χ1v) is 4.46. The first kappa shape index (κ1) is 7.93. The Kier molecular flexibility index (Phi) is 1.95. The molecule has 1 fully saturated rings. The van der Waals surface area contributed by atoms with Crippen molar-refractivity contribution in [2.24, 2.45) is 5.14 Å². The van der Waals surface area contributed by atoms with Gasteiger partial charge < -0.3 is 5.11 Å². The Morgan fingerprint density at radius 3 is 2.40 bits per heavy atom. The van der Waals surface area contributed by atoms with Gasteiger partial charge in [0.15, 0.2) is 0 Å². The van der Waals surface area contributed by atoms with Gasteiger partial charge in [-0.15, -0.1) is 0 Å². The van der Waals surface area contributed by atoms with Crippen molar-refractivity contribution in [1.82, 2.24) is 4.31 Å². The standard InChI is InChI=1S/C4H10N2O3S/c5-10(8,9)6-2-1-4(7)3-6/h4,7H,1-3H2,(H2,5,8,9)/t4-/m0/s1. The molecular formula is C4H10N2O3S. The monoisotopic (exact) mass is 166 g/mol. The molecule has 1 aliphatic rings. The first-order chi connectivity index (χ1) is 4.50. The molecule has 0 amide bonds. The highest BCUT2D eigenvalue weighted by Crippen LogP contribution is 2.10. The van der Waals surface area contributed by atoms with E-state index in [1.165, 1.54) is 0 Å². The molecule has 0 bridgehead atoms. The van der Waals surface area contributed by atoms with Gasteiger partial charge in [-0.2, -0.15) is 12.7 Å². The molecule has 0 spiro atoms. The Bertz CT molecular complexity index is 213. The molecule has 1 heterocycles. The number of aliphatic hydroxyl groups is 1. The molecule has 10 heavy (non-hydrogen) atoms. The van der Waals surface area contributed by atoms with Crippen LogP contribution in [0.1, 0.15) is 6.42 Å². The third-order valence-electron chi connectivity index (χ3n) is 1.49. The van der Waals surface area contributed by atoms with Gasteiger partial charge in [0, 0.05) is 13.1 Å². The van der Waals surface area contributed by atoms with Crippen LogP contribution >= 0.6 is 0 Å². The lowest BCUT2D eigenvalue weighted by atomic mass is 10.3. The molecule has 0 aliphatic carbocycles. The fraction of sp³-hybridized carbons (Fsp3) is 1.00. The van der Waals surface area contributed by atoms with Crippen LogP contribution in [0.25, 0.3) is 0 Å². The van der Waals surface area contributed by atoms with E-state index in [2.05, 4.69) is 0 Å². The van der Waals surface area contributed by atoms with Gasteiger partial charge in [0.05, 0.1) is 6.10 Å². The van der Waals surface area contributed by atoms with E-state index in [1.807, 2.05) is 0 Å². The Labute approximate surface area is 59.6 Å². The molecule has 1 saturated heterocycles. The summed E-state index contributed by atoms with van der Waals surface area (Å²) in [5, 5.41) is 13.7. The van der Waals surface area contributed by atoms with Crippen LogP contribution in [0.5, 0.6) is 0 Å². The summed E-state index contributed by atoms with van der Waals surface area (Å²) < 4.78 is 22.2. The minimum Gasteiger partial charge on any atom is -0.392 e. The zero-order chi connectivity index (χ0) is 7.78. The van der Waals surface area contributed by atoms with Crippen molar-refractivity contribution in [3.05, 3.63) is 0 Å². The molecule has 3 N–H and O–H groups in total. The third kappa shape index (κ3) is 1.66. The Hall–Kier alpha value is -0.170. The van der Waals surface area contributed by atoms with Crippen LogP contribution in [0.15, 0.2) is 0 Å². The lowest BCUT2D eigenvalue weighted by molar-refractivity contribution is 0.189. The number of rotatable bonds is 1. The lowest BCUT2D eigenvalue weighted by Crippen LogP contribution is -2.35. The first-order valence-electron chi connectivity index (χ1n) is 2.96. The van der Waals surface area contributed by atoms with E-state index in [1.54, 1.807) is 0 Å². The fourth-order valence-corrected chi connectivity index (χ4v) is 1.68. The largest absolute Gasteiger partial charge is 0.392 e. The van der Waals surface area contributed by atoms with Crippen LogP contribution < -0.4 is 5.14 Å². The second-order valence-corrected chi connectivity index (χ2v) is 3.89. The van der Waals surface area contributed by atoms with E-state index >= 15 is 0 Å². The molecule has 1 rings (SSSR count). The summed E-state index contributed by atoms with van der Waals surface area (Å²) in [7, 11) is -3.56. The molecule has 1 atom stereocenters. The van der Waals surface area contributed by atoms with Crippen LogP contribution in [-0.4, -0.2) is 37.0 Å². The molecular weight excluding hydrogens is 156 g/mol.